The largest absolute Gasteiger partial charge is 0.382 e. The van der Waals surface area contributed by atoms with E-state index in [9.17, 15) is 19.0 Å². The Bertz CT molecular complexity index is 531. The van der Waals surface area contributed by atoms with Crippen molar-refractivity contribution >= 4 is 0 Å². The van der Waals surface area contributed by atoms with E-state index in [4.69, 9.17) is 0 Å². The highest BCUT2D eigenvalue weighted by atomic mass is 19.1. The first kappa shape index (κ1) is 14.6. The second-order valence-electron chi connectivity index (χ2n) is 5.16. The highest BCUT2D eigenvalue weighted by molar-refractivity contribution is 5.32. The number of aliphatic hydroxyl groups is 2. The van der Waals surface area contributed by atoms with Crippen LogP contribution in [0.15, 0.2) is 48.5 Å². The molecule has 2 rings (SSSR count). The van der Waals surface area contributed by atoms with Gasteiger partial charge in [-0.15, -0.1) is 0 Å². The highest BCUT2D eigenvalue weighted by Gasteiger charge is 2.44. The molecule has 0 aliphatic heterocycles. The minimum absolute atomic E-state index is 0.369. The maximum atomic E-state index is 13.0. The maximum absolute atomic E-state index is 13.0. The van der Waals surface area contributed by atoms with Gasteiger partial charge >= 0.3 is 0 Å². The van der Waals surface area contributed by atoms with Crippen molar-refractivity contribution < 1.29 is 19.0 Å². The lowest BCUT2D eigenvalue weighted by Crippen LogP contribution is -2.45. The number of halogens is 2. The monoisotopic (exact) mass is 278 g/mol. The fourth-order valence-electron chi connectivity index (χ4n) is 2.11. The van der Waals surface area contributed by atoms with Gasteiger partial charge in [0, 0.05) is 0 Å². The molecule has 0 aliphatic rings. The van der Waals surface area contributed by atoms with Crippen LogP contribution in [0.25, 0.3) is 0 Å². The lowest BCUT2D eigenvalue weighted by molar-refractivity contribution is -0.143. The molecule has 0 unspecified atom stereocenters. The molecule has 2 aromatic rings. The summed E-state index contributed by atoms with van der Waals surface area (Å²) in [6.07, 6.45) is 0. The first-order valence-electron chi connectivity index (χ1n) is 6.22. The predicted molar refractivity (Wildman–Crippen MR) is 71.9 cm³/mol. The van der Waals surface area contributed by atoms with Crippen molar-refractivity contribution in [2.24, 2.45) is 0 Å². The summed E-state index contributed by atoms with van der Waals surface area (Å²) in [7, 11) is 0. The Morgan fingerprint density at radius 3 is 1.15 bits per heavy atom. The fourth-order valence-corrected chi connectivity index (χ4v) is 2.11. The van der Waals surface area contributed by atoms with Crippen LogP contribution in [0.3, 0.4) is 0 Å². The normalized spacial score (nSPS) is 17.3. The number of hydrogen-bond donors (Lipinski definition) is 2. The summed E-state index contributed by atoms with van der Waals surface area (Å²) in [5.74, 6) is -0.850. The molecular formula is C16H16F2O2. The van der Waals surface area contributed by atoms with Gasteiger partial charge in [0.25, 0.3) is 0 Å². The molecule has 0 amide bonds. The van der Waals surface area contributed by atoms with Crippen molar-refractivity contribution in [3.05, 3.63) is 71.3 Å². The molecule has 2 aromatic carbocycles. The zero-order chi connectivity index (χ0) is 15.0. The first-order chi connectivity index (χ1) is 9.25. The summed E-state index contributed by atoms with van der Waals surface area (Å²) in [5.41, 5.74) is -2.57. The molecule has 106 valence electrons. The number of hydrogen-bond acceptors (Lipinski definition) is 2. The van der Waals surface area contributed by atoms with Gasteiger partial charge in [-0.2, -0.15) is 0 Å². The summed E-state index contributed by atoms with van der Waals surface area (Å²) in [6, 6.07) is 10.5. The molecule has 0 aliphatic carbocycles. The van der Waals surface area contributed by atoms with Crippen molar-refractivity contribution in [3.8, 4) is 0 Å². The topological polar surface area (TPSA) is 40.5 Å². The minimum Gasteiger partial charge on any atom is -0.382 e. The quantitative estimate of drug-likeness (QED) is 0.905. The minimum atomic E-state index is -1.65. The average molecular weight is 278 g/mol. The fraction of sp³-hybridized carbons (Fsp3) is 0.250. The summed E-state index contributed by atoms with van der Waals surface area (Å²) in [6.45, 7) is 2.87. The lowest BCUT2D eigenvalue weighted by Gasteiger charge is -2.39. The molecule has 2 nitrogen and oxygen atoms in total. The molecule has 0 fully saturated rings. The second kappa shape index (κ2) is 4.96. The maximum Gasteiger partial charge on any atom is 0.123 e. The SMILES string of the molecule is C[C@@](O)(c1ccc(F)cc1)[C@](C)(O)c1ccc(F)cc1. The third-order valence-electron chi connectivity index (χ3n) is 3.76. The van der Waals surface area contributed by atoms with Gasteiger partial charge in [0.1, 0.15) is 22.8 Å². The molecule has 2 N–H and O–H groups in total. The molecule has 0 saturated heterocycles. The zero-order valence-electron chi connectivity index (χ0n) is 11.3. The van der Waals surface area contributed by atoms with E-state index in [1.807, 2.05) is 0 Å². The Morgan fingerprint density at radius 1 is 0.650 bits per heavy atom. The van der Waals surface area contributed by atoms with Gasteiger partial charge in [0.05, 0.1) is 0 Å². The van der Waals surface area contributed by atoms with E-state index in [1.165, 1.54) is 62.4 Å². The highest BCUT2D eigenvalue weighted by Crippen LogP contribution is 2.40. The van der Waals surface area contributed by atoms with E-state index < -0.39 is 22.8 Å². The van der Waals surface area contributed by atoms with Gasteiger partial charge in [-0.3, -0.25) is 0 Å². The molecule has 0 bridgehead atoms. The van der Waals surface area contributed by atoms with E-state index in [1.54, 1.807) is 0 Å². The smallest absolute Gasteiger partial charge is 0.123 e. The molecule has 0 radical (unpaired) electrons. The number of rotatable bonds is 3. The molecule has 0 heterocycles. The van der Waals surface area contributed by atoms with E-state index in [0.717, 1.165) is 0 Å². The summed E-state index contributed by atoms with van der Waals surface area (Å²) >= 11 is 0. The average Bonchev–Trinajstić information content (AvgIpc) is 2.39. The van der Waals surface area contributed by atoms with Gasteiger partial charge < -0.3 is 10.2 Å². The Labute approximate surface area is 116 Å². The van der Waals surface area contributed by atoms with E-state index in [2.05, 4.69) is 0 Å². The van der Waals surface area contributed by atoms with E-state index in [0.29, 0.717) is 11.1 Å². The Balaban J connectivity index is 2.45. The van der Waals surface area contributed by atoms with Gasteiger partial charge in [0.15, 0.2) is 0 Å². The van der Waals surface area contributed by atoms with Crippen molar-refractivity contribution in [1.82, 2.24) is 0 Å². The third-order valence-corrected chi connectivity index (χ3v) is 3.76. The van der Waals surface area contributed by atoms with Crippen LogP contribution >= 0.6 is 0 Å². The molecule has 2 atom stereocenters. The number of benzene rings is 2. The van der Waals surface area contributed by atoms with Gasteiger partial charge in [0.2, 0.25) is 0 Å². The standard InChI is InChI=1S/C16H16F2O2/c1-15(19,11-3-7-13(17)8-4-11)16(2,20)12-5-9-14(18)10-6-12/h3-10,19-20H,1-2H3/t15-,16-/m1/s1. The Morgan fingerprint density at radius 2 is 0.900 bits per heavy atom. The molecule has 0 saturated carbocycles. The van der Waals surface area contributed by atoms with Crippen molar-refractivity contribution in [2.75, 3.05) is 0 Å². The van der Waals surface area contributed by atoms with Gasteiger partial charge in [-0.1, -0.05) is 24.3 Å². The van der Waals surface area contributed by atoms with Crippen LogP contribution in [0.5, 0.6) is 0 Å². The Hall–Kier alpha value is -1.78. The zero-order valence-corrected chi connectivity index (χ0v) is 11.3. The third kappa shape index (κ3) is 2.44. The molecule has 4 heteroatoms. The van der Waals surface area contributed by atoms with Crippen LogP contribution in [0.2, 0.25) is 0 Å². The van der Waals surface area contributed by atoms with Crippen LogP contribution in [-0.2, 0) is 11.2 Å². The molecule has 0 spiro atoms. The van der Waals surface area contributed by atoms with E-state index >= 15 is 0 Å². The molecule has 0 aromatic heterocycles. The first-order valence-corrected chi connectivity index (χ1v) is 6.22. The predicted octanol–water partition coefficient (Wildman–Crippen LogP) is 3.08. The van der Waals surface area contributed by atoms with Gasteiger partial charge in [-0.25, -0.2) is 8.78 Å². The van der Waals surface area contributed by atoms with E-state index in [-0.39, 0.29) is 0 Å². The Kier molecular flexibility index (Phi) is 3.63. The van der Waals surface area contributed by atoms with Crippen LogP contribution in [0.4, 0.5) is 8.78 Å². The van der Waals surface area contributed by atoms with Crippen molar-refractivity contribution in [3.63, 3.8) is 0 Å². The van der Waals surface area contributed by atoms with Crippen LogP contribution in [-0.4, -0.2) is 10.2 Å². The van der Waals surface area contributed by atoms with Crippen molar-refractivity contribution in [1.29, 1.82) is 0 Å². The summed E-state index contributed by atoms with van der Waals surface area (Å²) in [4.78, 5) is 0. The summed E-state index contributed by atoms with van der Waals surface area (Å²) < 4.78 is 25.9. The molecule has 20 heavy (non-hydrogen) atoms. The van der Waals surface area contributed by atoms with Crippen LogP contribution < -0.4 is 0 Å². The van der Waals surface area contributed by atoms with Crippen molar-refractivity contribution in [2.45, 2.75) is 25.0 Å². The lowest BCUT2D eigenvalue weighted by atomic mass is 9.76. The van der Waals surface area contributed by atoms with Gasteiger partial charge in [-0.05, 0) is 49.2 Å². The van der Waals surface area contributed by atoms with Crippen LogP contribution in [0, 0.1) is 11.6 Å². The second-order valence-corrected chi connectivity index (χ2v) is 5.16. The summed E-state index contributed by atoms with van der Waals surface area (Å²) in [5, 5.41) is 21.3. The molecular weight excluding hydrogens is 262 g/mol. The van der Waals surface area contributed by atoms with Crippen LogP contribution in [0.1, 0.15) is 25.0 Å².